The normalized spacial score (nSPS) is 15.4. The zero-order valence-corrected chi connectivity index (χ0v) is 16.3. The summed E-state index contributed by atoms with van der Waals surface area (Å²) in [4.78, 5) is 4.72. The van der Waals surface area contributed by atoms with Crippen molar-refractivity contribution >= 4 is 11.6 Å². The van der Waals surface area contributed by atoms with Crippen molar-refractivity contribution in [1.29, 1.82) is 0 Å². The fourth-order valence-corrected chi connectivity index (χ4v) is 3.38. The number of nitrogens with zero attached hydrogens (tertiary/aromatic N) is 1. The van der Waals surface area contributed by atoms with Gasteiger partial charge in [0, 0.05) is 37.7 Å². The van der Waals surface area contributed by atoms with Gasteiger partial charge in [0.05, 0.1) is 19.8 Å². The van der Waals surface area contributed by atoms with Gasteiger partial charge in [0.25, 0.3) is 0 Å². The molecule has 2 heterocycles. The van der Waals surface area contributed by atoms with E-state index in [9.17, 15) is 0 Å². The highest BCUT2D eigenvalue weighted by atomic mass is 16.5. The maximum Gasteiger partial charge on any atom is 0.195 e. The van der Waals surface area contributed by atoms with Gasteiger partial charge < -0.3 is 24.8 Å². The maximum atomic E-state index is 5.77. The van der Waals surface area contributed by atoms with Gasteiger partial charge in [-0.25, -0.2) is 0 Å². The lowest BCUT2D eigenvalue weighted by Crippen LogP contribution is -2.30. The summed E-state index contributed by atoms with van der Waals surface area (Å²) in [7, 11) is 0. The average Bonchev–Trinajstić information content (AvgIpc) is 3.04. The zero-order chi connectivity index (χ0) is 19.2. The summed E-state index contributed by atoms with van der Waals surface area (Å²) in [5, 5.41) is 6.66. The molecule has 4 rings (SSSR count). The molecule has 0 amide bonds. The number of rotatable bonds is 5. The molecule has 2 aliphatic rings. The summed E-state index contributed by atoms with van der Waals surface area (Å²) in [5.74, 6) is 3.36. The van der Waals surface area contributed by atoms with E-state index in [1.807, 2.05) is 18.2 Å². The molecule has 2 aromatic carbocycles. The van der Waals surface area contributed by atoms with E-state index < -0.39 is 0 Å². The predicted molar refractivity (Wildman–Crippen MR) is 111 cm³/mol. The van der Waals surface area contributed by atoms with Crippen molar-refractivity contribution in [2.24, 2.45) is 4.99 Å². The average molecular weight is 381 g/mol. The number of hydrogen-bond donors (Lipinski definition) is 2. The zero-order valence-electron chi connectivity index (χ0n) is 16.3. The number of aliphatic imine (C=N–C) groups is 1. The van der Waals surface area contributed by atoms with Crippen molar-refractivity contribution in [2.75, 3.05) is 38.2 Å². The van der Waals surface area contributed by atoms with Crippen LogP contribution in [0.4, 0.5) is 5.69 Å². The Morgan fingerprint density at radius 1 is 0.964 bits per heavy atom. The van der Waals surface area contributed by atoms with Gasteiger partial charge in [0.1, 0.15) is 5.75 Å². The van der Waals surface area contributed by atoms with Gasteiger partial charge in [-0.2, -0.15) is 0 Å². The smallest absolute Gasteiger partial charge is 0.195 e. The molecule has 2 N–H and O–H groups in total. The van der Waals surface area contributed by atoms with Crippen LogP contribution in [0.5, 0.6) is 17.2 Å². The number of anilines is 1. The number of fused-ring (bicyclic) bond motifs is 2. The Balaban J connectivity index is 1.40. The van der Waals surface area contributed by atoms with E-state index >= 15 is 0 Å². The molecule has 0 aliphatic carbocycles. The molecule has 0 unspecified atom stereocenters. The monoisotopic (exact) mass is 381 g/mol. The highest BCUT2D eigenvalue weighted by Crippen LogP contribution is 2.32. The van der Waals surface area contributed by atoms with Crippen molar-refractivity contribution < 1.29 is 14.2 Å². The van der Waals surface area contributed by atoms with E-state index in [0.717, 1.165) is 61.3 Å². The first-order valence-corrected chi connectivity index (χ1v) is 10.0. The number of hydrogen-bond acceptors (Lipinski definition) is 4. The van der Waals surface area contributed by atoms with Crippen LogP contribution in [0.15, 0.2) is 41.4 Å². The van der Waals surface area contributed by atoms with E-state index in [-0.39, 0.29) is 0 Å². The third-order valence-corrected chi connectivity index (χ3v) is 4.78. The molecule has 0 fully saturated rings. The molecular weight excluding hydrogens is 354 g/mol. The van der Waals surface area contributed by atoms with Crippen LogP contribution in [-0.4, -0.2) is 38.9 Å². The molecular formula is C22H27N3O3. The van der Waals surface area contributed by atoms with Crippen molar-refractivity contribution in [1.82, 2.24) is 5.32 Å². The SMILES string of the molecule is CCNC(=NCCc1ccc2c(c1)CCO2)Nc1ccc2c(c1)OCCCO2. The third kappa shape index (κ3) is 4.50. The molecule has 0 saturated carbocycles. The molecule has 0 atom stereocenters. The van der Waals surface area contributed by atoms with Gasteiger partial charge in [-0.3, -0.25) is 4.99 Å². The van der Waals surface area contributed by atoms with Crippen molar-refractivity contribution in [2.45, 2.75) is 26.2 Å². The van der Waals surface area contributed by atoms with Gasteiger partial charge in [-0.05, 0) is 42.7 Å². The summed E-state index contributed by atoms with van der Waals surface area (Å²) in [5.41, 5.74) is 3.52. The van der Waals surface area contributed by atoms with E-state index in [4.69, 9.17) is 19.2 Å². The van der Waals surface area contributed by atoms with Crippen molar-refractivity contribution in [3.05, 3.63) is 47.5 Å². The fraction of sp³-hybridized carbons (Fsp3) is 0.409. The summed E-state index contributed by atoms with van der Waals surface area (Å²) < 4.78 is 17.0. The second kappa shape index (κ2) is 8.87. The standard InChI is InChI=1S/C22H27N3O3/c1-2-23-22(24-10-8-16-4-6-19-17(14-16)9-13-28-19)25-18-5-7-20-21(15-18)27-12-3-11-26-20/h4-7,14-15H,2-3,8-13H2,1H3,(H2,23,24,25). The second-order valence-electron chi connectivity index (χ2n) is 6.89. The Bertz CT molecular complexity index is 851. The van der Waals surface area contributed by atoms with Crippen LogP contribution in [-0.2, 0) is 12.8 Å². The lowest BCUT2D eigenvalue weighted by Gasteiger charge is -2.14. The number of benzene rings is 2. The molecule has 0 aromatic heterocycles. The molecule has 2 aromatic rings. The second-order valence-corrected chi connectivity index (χ2v) is 6.89. The first-order valence-electron chi connectivity index (χ1n) is 10.0. The van der Waals surface area contributed by atoms with E-state index in [0.29, 0.717) is 19.8 Å². The van der Waals surface area contributed by atoms with E-state index in [1.165, 1.54) is 11.1 Å². The Morgan fingerprint density at radius 3 is 2.68 bits per heavy atom. The van der Waals surface area contributed by atoms with Gasteiger partial charge >= 0.3 is 0 Å². The number of nitrogens with one attached hydrogen (secondary N) is 2. The minimum atomic E-state index is 0.677. The van der Waals surface area contributed by atoms with Gasteiger partial charge in [-0.15, -0.1) is 0 Å². The molecule has 0 saturated heterocycles. The predicted octanol–water partition coefficient (Wildman–Crippen LogP) is 3.40. The lowest BCUT2D eigenvalue weighted by molar-refractivity contribution is 0.297. The van der Waals surface area contributed by atoms with Crippen LogP contribution in [0.1, 0.15) is 24.5 Å². The van der Waals surface area contributed by atoms with Crippen LogP contribution in [0.3, 0.4) is 0 Å². The topological polar surface area (TPSA) is 64.1 Å². The largest absolute Gasteiger partial charge is 0.493 e. The minimum absolute atomic E-state index is 0.677. The Morgan fingerprint density at radius 2 is 1.79 bits per heavy atom. The van der Waals surface area contributed by atoms with Gasteiger partial charge in [-0.1, -0.05) is 12.1 Å². The Hall–Kier alpha value is -2.89. The molecule has 2 aliphatic heterocycles. The molecule has 0 radical (unpaired) electrons. The molecule has 6 nitrogen and oxygen atoms in total. The quantitative estimate of drug-likeness (QED) is 0.614. The van der Waals surface area contributed by atoms with Crippen LogP contribution in [0.2, 0.25) is 0 Å². The number of ether oxygens (including phenoxy) is 3. The van der Waals surface area contributed by atoms with Crippen LogP contribution in [0, 0.1) is 0 Å². The van der Waals surface area contributed by atoms with E-state index in [2.05, 4.69) is 35.8 Å². The maximum absolute atomic E-state index is 5.77. The summed E-state index contributed by atoms with van der Waals surface area (Å²) in [6.07, 6.45) is 2.79. The Kier molecular flexibility index (Phi) is 5.85. The first kappa shape index (κ1) is 18.5. The Labute approximate surface area is 165 Å². The third-order valence-electron chi connectivity index (χ3n) is 4.78. The minimum Gasteiger partial charge on any atom is -0.493 e. The van der Waals surface area contributed by atoms with Crippen LogP contribution < -0.4 is 24.8 Å². The molecule has 28 heavy (non-hydrogen) atoms. The first-order chi connectivity index (χ1) is 13.8. The van der Waals surface area contributed by atoms with E-state index in [1.54, 1.807) is 0 Å². The highest BCUT2D eigenvalue weighted by molar-refractivity contribution is 5.93. The molecule has 6 heteroatoms. The summed E-state index contributed by atoms with van der Waals surface area (Å²) in [6, 6.07) is 12.3. The summed E-state index contributed by atoms with van der Waals surface area (Å²) in [6.45, 7) is 5.73. The summed E-state index contributed by atoms with van der Waals surface area (Å²) >= 11 is 0. The highest BCUT2D eigenvalue weighted by Gasteiger charge is 2.13. The van der Waals surface area contributed by atoms with Crippen molar-refractivity contribution in [3.63, 3.8) is 0 Å². The van der Waals surface area contributed by atoms with Gasteiger partial charge in [0.15, 0.2) is 17.5 Å². The molecule has 148 valence electrons. The van der Waals surface area contributed by atoms with Crippen LogP contribution in [0.25, 0.3) is 0 Å². The lowest BCUT2D eigenvalue weighted by atomic mass is 10.1. The van der Waals surface area contributed by atoms with Crippen molar-refractivity contribution in [3.8, 4) is 17.2 Å². The fourth-order valence-electron chi connectivity index (χ4n) is 3.38. The number of guanidine groups is 1. The molecule has 0 spiro atoms. The molecule has 0 bridgehead atoms. The van der Waals surface area contributed by atoms with Crippen LogP contribution >= 0.6 is 0 Å². The van der Waals surface area contributed by atoms with Gasteiger partial charge in [0.2, 0.25) is 0 Å².